The molecule has 8 heterocycles. The van der Waals surface area contributed by atoms with Gasteiger partial charge in [-0.15, -0.1) is 0 Å². The Hall–Kier alpha value is -5.60. The lowest BCUT2D eigenvalue weighted by Gasteiger charge is -2.43. The Bertz CT molecular complexity index is 1690. The number of piperidine rings is 6. The molecule has 10 rings (SSSR count). The number of aromatic nitrogens is 4. The second-order valence-electron chi connectivity index (χ2n) is 13.4. The lowest BCUT2D eigenvalue weighted by atomic mass is 9.86. The summed E-state index contributed by atoms with van der Waals surface area (Å²) in [5.74, 6) is -1.20. The van der Waals surface area contributed by atoms with E-state index in [1.54, 1.807) is 24.8 Å². The van der Waals surface area contributed by atoms with Crippen molar-refractivity contribution in [2.75, 3.05) is 50.7 Å². The van der Waals surface area contributed by atoms with Crippen molar-refractivity contribution in [3.63, 3.8) is 0 Å². The van der Waals surface area contributed by atoms with E-state index in [1.807, 2.05) is 48.5 Å². The molecule has 6 aliphatic heterocycles. The average Bonchev–Trinajstić information content (AvgIpc) is 3.16. The number of nitrogen functional groups attached to an aromatic ring is 2. The number of fused-ring (bicyclic) bond motifs is 6. The maximum Gasteiger partial charge on any atom is 0.328 e. The summed E-state index contributed by atoms with van der Waals surface area (Å²) in [7, 11) is 0. The van der Waals surface area contributed by atoms with Crippen molar-refractivity contribution in [3.05, 3.63) is 85.5 Å². The maximum absolute atomic E-state index is 9.55. The molecule has 272 valence electrons. The number of nitrogens with zero attached hydrogens (tertiary/aromatic N) is 6. The standard InChI is InChI=1S/2C17H20N4O.C4H4O4/c2*18-15-3-1-2-13(8-15)14-9-19-17(20-10-14)22-16-11-21-6-4-12(16)5-7-21;5-3(6)1-2-4(7)8/h2*1-3,8-10,12,16H,4-7,11,18H2;1-2H,(H,5,6)(H,7,8)/b;;2-1+. The van der Waals surface area contributed by atoms with Gasteiger partial charge in [-0.25, -0.2) is 29.5 Å². The van der Waals surface area contributed by atoms with Crippen LogP contribution in [0.4, 0.5) is 11.4 Å². The highest BCUT2D eigenvalue weighted by Gasteiger charge is 2.37. The Morgan fingerprint density at radius 3 is 1.27 bits per heavy atom. The largest absolute Gasteiger partial charge is 0.478 e. The van der Waals surface area contributed by atoms with Gasteiger partial charge in [0.2, 0.25) is 0 Å². The van der Waals surface area contributed by atoms with Gasteiger partial charge in [0.15, 0.2) is 0 Å². The number of anilines is 2. The highest BCUT2D eigenvalue weighted by molar-refractivity contribution is 5.89. The summed E-state index contributed by atoms with van der Waals surface area (Å²) in [6, 6.07) is 16.4. The summed E-state index contributed by atoms with van der Waals surface area (Å²) < 4.78 is 12.0. The molecule has 6 aliphatic rings. The van der Waals surface area contributed by atoms with Gasteiger partial charge in [-0.05, 0) is 99.1 Å². The molecular formula is C38H44N8O6. The molecule has 6 fully saturated rings. The van der Waals surface area contributed by atoms with Crippen LogP contribution in [0.2, 0.25) is 0 Å². The van der Waals surface area contributed by atoms with E-state index in [0.29, 0.717) is 36.0 Å². The van der Waals surface area contributed by atoms with Gasteiger partial charge in [0.1, 0.15) is 12.2 Å². The minimum absolute atomic E-state index is 0.237. The van der Waals surface area contributed by atoms with E-state index in [-0.39, 0.29) is 12.2 Å². The van der Waals surface area contributed by atoms with Crippen molar-refractivity contribution in [2.45, 2.75) is 37.9 Å². The minimum atomic E-state index is -1.26. The lowest BCUT2D eigenvalue weighted by molar-refractivity contribution is -0.134. The molecule has 4 bridgehead atoms. The zero-order valence-electron chi connectivity index (χ0n) is 28.8. The molecule has 4 aromatic rings. The Morgan fingerprint density at radius 1 is 0.615 bits per heavy atom. The third kappa shape index (κ3) is 10.0. The summed E-state index contributed by atoms with van der Waals surface area (Å²) in [5, 5.41) is 15.6. The van der Waals surface area contributed by atoms with Crippen molar-refractivity contribution in [2.24, 2.45) is 11.8 Å². The zero-order valence-corrected chi connectivity index (χ0v) is 28.8. The third-order valence-corrected chi connectivity index (χ3v) is 9.77. The second kappa shape index (κ2) is 17.1. The normalized spacial score (nSPS) is 24.2. The maximum atomic E-state index is 9.55. The molecule has 0 saturated carbocycles. The fourth-order valence-corrected chi connectivity index (χ4v) is 6.99. The number of hydrogen-bond acceptors (Lipinski definition) is 12. The van der Waals surface area contributed by atoms with Crippen molar-refractivity contribution in [1.29, 1.82) is 0 Å². The zero-order chi connectivity index (χ0) is 36.5. The summed E-state index contributed by atoms with van der Waals surface area (Å²) >= 11 is 0. The summed E-state index contributed by atoms with van der Waals surface area (Å²) in [6.07, 6.45) is 13.7. The van der Waals surface area contributed by atoms with Crippen LogP contribution in [0.1, 0.15) is 25.7 Å². The fraction of sp³-hybridized carbons (Fsp3) is 0.368. The molecule has 6 N–H and O–H groups in total. The van der Waals surface area contributed by atoms with Gasteiger partial charge in [0, 0.05) is 72.5 Å². The first-order chi connectivity index (χ1) is 25.2. The molecule has 0 aliphatic carbocycles. The number of aliphatic carboxylic acids is 2. The third-order valence-electron chi connectivity index (χ3n) is 9.77. The van der Waals surface area contributed by atoms with Crippen LogP contribution in [-0.4, -0.2) is 103 Å². The van der Waals surface area contributed by atoms with Crippen molar-refractivity contribution in [3.8, 4) is 34.3 Å². The molecule has 6 saturated heterocycles. The Kier molecular flexibility index (Phi) is 11.9. The van der Waals surface area contributed by atoms with Crippen LogP contribution in [-0.2, 0) is 9.59 Å². The predicted molar refractivity (Wildman–Crippen MR) is 195 cm³/mol. The summed E-state index contributed by atoms with van der Waals surface area (Å²) in [5.41, 5.74) is 17.1. The number of carbonyl (C=O) groups is 2. The van der Waals surface area contributed by atoms with Crippen LogP contribution < -0.4 is 20.9 Å². The topological polar surface area (TPSA) is 203 Å². The van der Waals surface area contributed by atoms with E-state index in [9.17, 15) is 9.59 Å². The first kappa shape index (κ1) is 36.2. The molecule has 0 spiro atoms. The van der Waals surface area contributed by atoms with E-state index >= 15 is 0 Å². The Morgan fingerprint density at radius 2 is 0.981 bits per heavy atom. The van der Waals surface area contributed by atoms with E-state index < -0.39 is 11.9 Å². The number of ether oxygens (including phenoxy) is 2. The number of benzene rings is 2. The van der Waals surface area contributed by atoms with Gasteiger partial charge in [0.25, 0.3) is 0 Å². The van der Waals surface area contributed by atoms with Gasteiger partial charge in [-0.1, -0.05) is 24.3 Å². The van der Waals surface area contributed by atoms with Crippen molar-refractivity contribution < 1.29 is 29.3 Å². The predicted octanol–water partition coefficient (Wildman–Crippen LogP) is 4.11. The quantitative estimate of drug-likeness (QED) is 0.150. The van der Waals surface area contributed by atoms with Gasteiger partial charge in [0.05, 0.1) is 0 Å². The molecule has 2 unspecified atom stereocenters. The number of hydrogen-bond donors (Lipinski definition) is 4. The van der Waals surface area contributed by atoms with E-state index in [1.165, 1.54) is 51.9 Å². The molecule has 2 atom stereocenters. The van der Waals surface area contributed by atoms with Crippen LogP contribution in [0, 0.1) is 11.8 Å². The summed E-state index contributed by atoms with van der Waals surface area (Å²) in [6.45, 7) is 6.84. The molecule has 0 radical (unpaired) electrons. The second-order valence-corrected chi connectivity index (χ2v) is 13.4. The highest BCUT2D eigenvalue weighted by atomic mass is 16.5. The minimum Gasteiger partial charge on any atom is -0.478 e. The number of carboxylic acids is 2. The molecule has 52 heavy (non-hydrogen) atoms. The molecule has 14 nitrogen and oxygen atoms in total. The number of rotatable bonds is 8. The Balaban J connectivity index is 0.000000149. The van der Waals surface area contributed by atoms with Crippen LogP contribution in [0.3, 0.4) is 0 Å². The van der Waals surface area contributed by atoms with Gasteiger partial charge < -0.3 is 31.2 Å². The molecule has 2 aromatic carbocycles. The first-order valence-corrected chi connectivity index (χ1v) is 17.5. The van der Waals surface area contributed by atoms with Crippen LogP contribution >= 0.6 is 0 Å². The Labute approximate surface area is 302 Å². The van der Waals surface area contributed by atoms with Gasteiger partial charge in [-0.3, -0.25) is 9.80 Å². The monoisotopic (exact) mass is 708 g/mol. The SMILES string of the molecule is Nc1cccc(-c2cnc(OC3CN4CCC3CC4)nc2)c1.Nc1cccc(-c2cnc(OC3CN4CCC3CC4)nc2)c1.O=C(O)/C=C/C(=O)O. The number of nitrogens with two attached hydrogens (primary N) is 2. The summed E-state index contributed by atoms with van der Waals surface area (Å²) in [4.78, 5) is 41.5. The van der Waals surface area contributed by atoms with Crippen LogP contribution in [0.15, 0.2) is 85.5 Å². The first-order valence-electron chi connectivity index (χ1n) is 17.5. The number of carboxylic acid groups (broad SMARTS) is 2. The molecule has 14 heteroatoms. The van der Waals surface area contributed by atoms with Crippen LogP contribution in [0.5, 0.6) is 12.0 Å². The van der Waals surface area contributed by atoms with E-state index in [2.05, 4.69) is 29.7 Å². The fourth-order valence-electron chi connectivity index (χ4n) is 6.99. The molecular weight excluding hydrogens is 664 g/mol. The lowest BCUT2D eigenvalue weighted by Crippen LogP contribution is -2.52. The van der Waals surface area contributed by atoms with E-state index in [4.69, 9.17) is 31.2 Å². The average molecular weight is 709 g/mol. The smallest absolute Gasteiger partial charge is 0.328 e. The van der Waals surface area contributed by atoms with Gasteiger partial charge in [-0.2, -0.15) is 0 Å². The van der Waals surface area contributed by atoms with Gasteiger partial charge >= 0.3 is 24.0 Å². The van der Waals surface area contributed by atoms with Crippen molar-refractivity contribution >= 4 is 23.3 Å². The van der Waals surface area contributed by atoms with Crippen LogP contribution in [0.25, 0.3) is 22.3 Å². The molecule has 2 aromatic heterocycles. The van der Waals surface area contributed by atoms with Crippen molar-refractivity contribution in [1.82, 2.24) is 29.7 Å². The highest BCUT2D eigenvalue weighted by Crippen LogP contribution is 2.31. The molecule has 0 amide bonds. The van der Waals surface area contributed by atoms with E-state index in [0.717, 1.165) is 46.7 Å².